The standard InChI is InChI=1S/C33H37FN4O3S2/c1-21(2)17-29(37-33(40)41-15-16-42-43-30-9-4-5-14-36-30)38-27-19-24(34)18-26-28(39)8-6-7-25(31(26)27)32(38)23-12-10-22(11-13-23)20-35-3/h4-5,9-14,18-19,21,29,35H,6-8,15-17,20H2,1-3H3,(H,37,40). The van der Waals surface area contributed by atoms with Crippen molar-refractivity contribution >= 4 is 44.4 Å². The van der Waals surface area contributed by atoms with Crippen molar-refractivity contribution < 1.29 is 18.7 Å². The van der Waals surface area contributed by atoms with E-state index in [1.807, 2.05) is 29.8 Å². The summed E-state index contributed by atoms with van der Waals surface area (Å²) < 4.78 is 22.7. The Morgan fingerprint density at radius 2 is 1.95 bits per heavy atom. The topological polar surface area (TPSA) is 85.2 Å². The van der Waals surface area contributed by atoms with Gasteiger partial charge in [-0.3, -0.25) is 4.79 Å². The number of Topliss-reactive ketones (excluding diaryl/α,β-unsaturated/α-hetero) is 1. The lowest BCUT2D eigenvalue weighted by Crippen LogP contribution is -2.34. The first-order valence-corrected chi connectivity index (χ1v) is 16.9. The van der Waals surface area contributed by atoms with Crippen molar-refractivity contribution in [1.29, 1.82) is 0 Å². The molecule has 0 fully saturated rings. The molecule has 2 aromatic carbocycles. The molecule has 0 bridgehead atoms. The van der Waals surface area contributed by atoms with Gasteiger partial charge in [-0.2, -0.15) is 0 Å². The number of carbonyl (C=O) groups excluding carboxylic acids is 2. The van der Waals surface area contributed by atoms with E-state index in [9.17, 15) is 9.59 Å². The summed E-state index contributed by atoms with van der Waals surface area (Å²) in [6, 6.07) is 16.9. The molecule has 2 heterocycles. The van der Waals surface area contributed by atoms with Crippen molar-refractivity contribution in [2.75, 3.05) is 19.4 Å². The fourth-order valence-electron chi connectivity index (χ4n) is 5.65. The Labute approximate surface area is 259 Å². The minimum Gasteiger partial charge on any atom is -0.449 e. The van der Waals surface area contributed by atoms with Gasteiger partial charge >= 0.3 is 6.09 Å². The molecule has 43 heavy (non-hydrogen) atoms. The second-order valence-electron chi connectivity index (χ2n) is 11.0. The van der Waals surface area contributed by atoms with Crippen LogP contribution in [0.3, 0.4) is 0 Å². The molecule has 5 rings (SSSR count). The third-order valence-corrected chi connectivity index (χ3v) is 9.61. The number of rotatable bonds is 12. The van der Waals surface area contributed by atoms with Gasteiger partial charge in [0.1, 0.15) is 23.6 Å². The highest BCUT2D eigenvalue weighted by Gasteiger charge is 2.30. The molecule has 0 spiro atoms. The van der Waals surface area contributed by atoms with Gasteiger partial charge in [0.25, 0.3) is 0 Å². The fourth-order valence-corrected chi connectivity index (χ4v) is 7.35. The maximum absolute atomic E-state index is 15.1. The van der Waals surface area contributed by atoms with Gasteiger partial charge in [-0.1, -0.05) is 55.0 Å². The number of nitrogens with zero attached hydrogens (tertiary/aromatic N) is 2. The zero-order valence-corrected chi connectivity index (χ0v) is 26.3. The zero-order chi connectivity index (χ0) is 30.3. The lowest BCUT2D eigenvalue weighted by molar-refractivity contribution is 0.0982. The van der Waals surface area contributed by atoms with Crippen LogP contribution in [0.5, 0.6) is 0 Å². The average molecular weight is 621 g/mol. The van der Waals surface area contributed by atoms with Gasteiger partial charge in [-0.05, 0) is 84.0 Å². The Morgan fingerprint density at radius 1 is 1.14 bits per heavy atom. The second kappa shape index (κ2) is 14.4. The van der Waals surface area contributed by atoms with Gasteiger partial charge in [0.15, 0.2) is 5.78 Å². The van der Waals surface area contributed by atoms with E-state index in [0.717, 1.165) is 39.3 Å². The van der Waals surface area contributed by atoms with E-state index in [1.54, 1.807) is 17.0 Å². The van der Waals surface area contributed by atoms with E-state index in [2.05, 4.69) is 53.7 Å². The van der Waals surface area contributed by atoms with Crippen LogP contribution < -0.4 is 10.6 Å². The predicted molar refractivity (Wildman–Crippen MR) is 173 cm³/mol. The summed E-state index contributed by atoms with van der Waals surface area (Å²) in [5.74, 6) is 0.295. The smallest absolute Gasteiger partial charge is 0.408 e. The number of hydrogen-bond donors (Lipinski definition) is 2. The largest absolute Gasteiger partial charge is 0.449 e. The van der Waals surface area contributed by atoms with E-state index in [-0.39, 0.29) is 18.3 Å². The Kier molecular flexibility index (Phi) is 10.4. The fraction of sp³-hybridized carbons (Fsp3) is 0.364. The van der Waals surface area contributed by atoms with Crippen LogP contribution in [0.4, 0.5) is 9.18 Å². The normalized spacial score (nSPS) is 13.7. The number of carbonyl (C=O) groups is 2. The van der Waals surface area contributed by atoms with Gasteiger partial charge in [0.2, 0.25) is 0 Å². The summed E-state index contributed by atoms with van der Waals surface area (Å²) in [6.45, 7) is 5.14. The van der Waals surface area contributed by atoms with Gasteiger partial charge in [0.05, 0.1) is 11.2 Å². The maximum atomic E-state index is 15.1. The Morgan fingerprint density at radius 3 is 2.67 bits per heavy atom. The molecule has 7 nitrogen and oxygen atoms in total. The van der Waals surface area contributed by atoms with E-state index < -0.39 is 18.1 Å². The molecule has 0 saturated heterocycles. The number of pyridine rings is 1. The lowest BCUT2D eigenvalue weighted by Gasteiger charge is -2.26. The maximum Gasteiger partial charge on any atom is 0.408 e. The summed E-state index contributed by atoms with van der Waals surface area (Å²) in [6.07, 6.45) is 3.03. The van der Waals surface area contributed by atoms with E-state index in [4.69, 9.17) is 4.74 Å². The monoisotopic (exact) mass is 620 g/mol. The highest BCUT2D eigenvalue weighted by molar-refractivity contribution is 8.76. The zero-order valence-electron chi connectivity index (χ0n) is 24.7. The molecular formula is C33H37FN4O3S2. The van der Waals surface area contributed by atoms with Crippen molar-refractivity contribution in [2.24, 2.45) is 5.92 Å². The van der Waals surface area contributed by atoms with E-state index >= 15 is 4.39 Å². The van der Waals surface area contributed by atoms with Crippen LogP contribution >= 0.6 is 21.6 Å². The first-order valence-electron chi connectivity index (χ1n) is 14.6. The van der Waals surface area contributed by atoms with Gasteiger partial charge in [0, 0.05) is 35.9 Å². The highest BCUT2D eigenvalue weighted by Crippen LogP contribution is 2.42. The molecule has 1 atom stereocenters. The molecule has 226 valence electrons. The third kappa shape index (κ3) is 7.42. The average Bonchev–Trinajstić information content (AvgIpc) is 3.21. The van der Waals surface area contributed by atoms with Gasteiger partial charge in [-0.25, -0.2) is 14.2 Å². The minimum atomic E-state index is -0.535. The molecule has 0 radical (unpaired) electrons. The second-order valence-corrected chi connectivity index (χ2v) is 13.5. The number of benzene rings is 2. The van der Waals surface area contributed by atoms with E-state index in [0.29, 0.717) is 42.5 Å². The number of nitrogens with one attached hydrogen (secondary N) is 2. The first-order chi connectivity index (χ1) is 20.9. The molecule has 2 N–H and O–H groups in total. The predicted octanol–water partition coefficient (Wildman–Crippen LogP) is 7.79. The van der Waals surface area contributed by atoms with Crippen LogP contribution in [-0.2, 0) is 17.7 Å². The lowest BCUT2D eigenvalue weighted by atomic mass is 9.99. The molecule has 4 aromatic rings. The van der Waals surface area contributed by atoms with Crippen molar-refractivity contribution in [1.82, 2.24) is 20.2 Å². The molecule has 10 heteroatoms. The first kappa shape index (κ1) is 31.1. The Bertz CT molecular complexity index is 1580. The molecule has 1 aliphatic carbocycles. The number of amides is 1. The summed E-state index contributed by atoms with van der Waals surface area (Å²) in [4.78, 5) is 30.6. The van der Waals surface area contributed by atoms with Crippen LogP contribution in [0.25, 0.3) is 22.2 Å². The van der Waals surface area contributed by atoms with Crippen LogP contribution in [0.2, 0.25) is 0 Å². The minimum absolute atomic E-state index is 0.0508. The molecule has 1 unspecified atom stereocenters. The summed E-state index contributed by atoms with van der Waals surface area (Å²) in [5, 5.41) is 7.94. The highest BCUT2D eigenvalue weighted by atomic mass is 33.1. The number of aromatic nitrogens is 2. The Hall–Kier alpha value is -3.34. The summed E-state index contributed by atoms with van der Waals surface area (Å²) >= 11 is 0. The molecule has 1 amide bonds. The Balaban J connectivity index is 1.49. The van der Waals surface area contributed by atoms with E-state index in [1.165, 1.54) is 22.9 Å². The number of aryl methyl sites for hydroxylation is 1. The molecule has 2 aromatic heterocycles. The van der Waals surface area contributed by atoms with Crippen molar-refractivity contribution in [3.05, 3.63) is 83.3 Å². The number of alkyl carbamates (subject to hydrolysis) is 1. The van der Waals surface area contributed by atoms with Crippen LogP contribution in [0.1, 0.15) is 60.8 Å². The number of hydrogen-bond acceptors (Lipinski definition) is 7. The number of ether oxygens (including phenoxy) is 1. The number of halogens is 1. The molecule has 1 aliphatic rings. The van der Waals surface area contributed by atoms with Crippen LogP contribution in [0, 0.1) is 11.7 Å². The van der Waals surface area contributed by atoms with Gasteiger partial charge in [-0.15, -0.1) is 0 Å². The van der Waals surface area contributed by atoms with Crippen molar-refractivity contribution in [3.63, 3.8) is 0 Å². The SMILES string of the molecule is CNCc1ccc(-c2c3c4c(cc(F)cc4n2C(CC(C)C)NC(=O)OCCSSc2ccccn2)C(=O)CCC3)cc1. The van der Waals surface area contributed by atoms with Crippen molar-refractivity contribution in [3.8, 4) is 11.3 Å². The molecule has 0 aliphatic heterocycles. The van der Waals surface area contributed by atoms with Crippen LogP contribution in [-0.4, -0.2) is 40.8 Å². The quantitative estimate of drug-likeness (QED) is 0.124. The molecular weight excluding hydrogens is 584 g/mol. The van der Waals surface area contributed by atoms with Gasteiger partial charge < -0.3 is 19.9 Å². The third-order valence-electron chi connectivity index (χ3n) is 7.38. The number of ketones is 1. The summed E-state index contributed by atoms with van der Waals surface area (Å²) in [7, 11) is 5.01. The van der Waals surface area contributed by atoms with Crippen molar-refractivity contribution in [2.45, 2.75) is 57.3 Å². The molecule has 0 saturated carbocycles. The van der Waals surface area contributed by atoms with Crippen LogP contribution in [0.15, 0.2) is 65.8 Å². The summed E-state index contributed by atoms with van der Waals surface area (Å²) in [5.41, 5.74) is 5.05.